The van der Waals surface area contributed by atoms with Crippen LogP contribution in [0.4, 0.5) is 14.5 Å². The van der Waals surface area contributed by atoms with E-state index in [4.69, 9.17) is 5.11 Å². The molecule has 0 spiro atoms. The third-order valence-electron chi connectivity index (χ3n) is 2.58. The monoisotopic (exact) mass is 263 g/mol. The van der Waals surface area contributed by atoms with E-state index < -0.39 is 17.5 Å². The molecular weight excluding hydrogens is 252 g/mol. The molecule has 0 aliphatic rings. The van der Waals surface area contributed by atoms with Crippen molar-refractivity contribution in [3.63, 3.8) is 0 Å². The fourth-order valence-electron chi connectivity index (χ4n) is 1.55. The molecule has 2 aromatic carbocycles. The van der Waals surface area contributed by atoms with Crippen LogP contribution in [-0.2, 0) is 6.61 Å². The van der Waals surface area contributed by atoms with Crippen LogP contribution in [0, 0.1) is 11.6 Å². The smallest absolute Gasteiger partial charge is 0.255 e. The van der Waals surface area contributed by atoms with Gasteiger partial charge < -0.3 is 10.4 Å². The van der Waals surface area contributed by atoms with Gasteiger partial charge in [-0.15, -0.1) is 0 Å². The number of hydrogen-bond donors (Lipinski definition) is 2. The second kappa shape index (κ2) is 5.58. The molecule has 2 N–H and O–H groups in total. The molecule has 2 aromatic rings. The van der Waals surface area contributed by atoms with Crippen LogP contribution in [-0.4, -0.2) is 11.0 Å². The third-order valence-corrected chi connectivity index (χ3v) is 2.58. The van der Waals surface area contributed by atoms with Gasteiger partial charge in [-0.25, -0.2) is 8.78 Å². The summed E-state index contributed by atoms with van der Waals surface area (Å²) in [4.78, 5) is 11.8. The lowest BCUT2D eigenvalue weighted by atomic mass is 10.1. The summed E-state index contributed by atoms with van der Waals surface area (Å²) in [5.74, 6) is -1.89. The topological polar surface area (TPSA) is 49.3 Å². The zero-order chi connectivity index (χ0) is 13.8. The molecule has 98 valence electrons. The number of aliphatic hydroxyl groups excluding tert-OH is 1. The number of anilines is 1. The van der Waals surface area contributed by atoms with Gasteiger partial charge in [0.1, 0.15) is 11.6 Å². The molecule has 2 rings (SSSR count). The third kappa shape index (κ3) is 3.14. The number of benzene rings is 2. The molecule has 3 nitrogen and oxygen atoms in total. The first-order valence-electron chi connectivity index (χ1n) is 5.56. The summed E-state index contributed by atoms with van der Waals surface area (Å²) in [6, 6.07) is 8.99. The summed E-state index contributed by atoms with van der Waals surface area (Å²) >= 11 is 0. The predicted molar refractivity (Wildman–Crippen MR) is 66.7 cm³/mol. The van der Waals surface area contributed by atoms with Gasteiger partial charge in [0.2, 0.25) is 0 Å². The average Bonchev–Trinajstić information content (AvgIpc) is 2.43. The Morgan fingerprint density at radius 1 is 1.11 bits per heavy atom. The largest absolute Gasteiger partial charge is 0.392 e. The highest BCUT2D eigenvalue weighted by molar-refractivity contribution is 6.04. The van der Waals surface area contributed by atoms with Crippen LogP contribution in [0.2, 0.25) is 0 Å². The first-order valence-corrected chi connectivity index (χ1v) is 5.56. The first-order chi connectivity index (χ1) is 9.10. The van der Waals surface area contributed by atoms with Gasteiger partial charge >= 0.3 is 0 Å². The number of aliphatic hydroxyl groups is 1. The second-order valence-corrected chi connectivity index (χ2v) is 3.93. The van der Waals surface area contributed by atoms with Crippen LogP contribution < -0.4 is 5.32 Å². The van der Waals surface area contributed by atoms with Gasteiger partial charge in [-0.1, -0.05) is 12.1 Å². The predicted octanol–water partition coefficient (Wildman–Crippen LogP) is 2.71. The molecular formula is C14H11F2NO2. The minimum atomic E-state index is -0.707. The van der Waals surface area contributed by atoms with Crippen molar-refractivity contribution in [1.29, 1.82) is 0 Å². The van der Waals surface area contributed by atoms with Gasteiger partial charge in [0, 0.05) is 11.6 Å². The lowest BCUT2D eigenvalue weighted by molar-refractivity contribution is 0.102. The lowest BCUT2D eigenvalue weighted by Crippen LogP contribution is -2.13. The molecule has 5 heteroatoms. The van der Waals surface area contributed by atoms with Gasteiger partial charge in [0.15, 0.2) is 0 Å². The molecule has 0 bridgehead atoms. The van der Waals surface area contributed by atoms with Gasteiger partial charge in [-0.05, 0) is 29.8 Å². The van der Waals surface area contributed by atoms with Crippen LogP contribution >= 0.6 is 0 Å². The molecule has 0 fully saturated rings. The molecule has 0 atom stereocenters. The number of rotatable bonds is 3. The molecule has 0 aliphatic carbocycles. The Morgan fingerprint density at radius 3 is 2.42 bits per heavy atom. The highest BCUT2D eigenvalue weighted by Crippen LogP contribution is 2.16. The number of amides is 1. The fraction of sp³-hybridized carbons (Fsp3) is 0.0714. The van der Waals surface area contributed by atoms with Crippen LogP contribution in [0.1, 0.15) is 15.9 Å². The van der Waals surface area contributed by atoms with E-state index >= 15 is 0 Å². The number of halogens is 2. The van der Waals surface area contributed by atoms with Crippen molar-refractivity contribution >= 4 is 11.6 Å². The molecule has 0 saturated heterocycles. The summed E-state index contributed by atoms with van der Waals surface area (Å²) in [6.07, 6.45) is 0. The summed E-state index contributed by atoms with van der Waals surface area (Å²) in [5.41, 5.74) is 0.741. The van der Waals surface area contributed by atoms with Crippen LogP contribution in [0.15, 0.2) is 42.5 Å². The highest BCUT2D eigenvalue weighted by atomic mass is 19.1. The molecule has 0 heterocycles. The van der Waals surface area contributed by atoms with Gasteiger partial charge in [-0.2, -0.15) is 0 Å². The average molecular weight is 263 g/mol. The summed E-state index contributed by atoms with van der Waals surface area (Å²) in [6.45, 7) is -0.125. The van der Waals surface area contributed by atoms with E-state index in [1.54, 1.807) is 12.1 Å². The van der Waals surface area contributed by atoms with Crippen LogP contribution in [0.25, 0.3) is 0 Å². The van der Waals surface area contributed by atoms with Crippen molar-refractivity contribution in [3.05, 3.63) is 65.2 Å². The number of carbonyl (C=O) groups is 1. The zero-order valence-electron chi connectivity index (χ0n) is 9.86. The molecule has 0 aliphatic heterocycles. The maximum absolute atomic E-state index is 13.3. The minimum absolute atomic E-state index is 0.125. The quantitative estimate of drug-likeness (QED) is 0.894. The number of carbonyl (C=O) groups excluding carboxylic acids is 1. The van der Waals surface area contributed by atoms with Gasteiger partial charge in [0.25, 0.3) is 5.91 Å². The maximum Gasteiger partial charge on any atom is 0.255 e. The first kappa shape index (κ1) is 13.2. The van der Waals surface area contributed by atoms with Crippen molar-refractivity contribution in [1.82, 2.24) is 0 Å². The van der Waals surface area contributed by atoms with E-state index in [0.717, 1.165) is 18.2 Å². The Balaban J connectivity index is 2.18. The SMILES string of the molecule is O=C(Nc1cc(F)ccc1F)c1ccc(CO)cc1. The molecule has 19 heavy (non-hydrogen) atoms. The maximum atomic E-state index is 13.3. The van der Waals surface area contributed by atoms with Crippen molar-refractivity contribution in [3.8, 4) is 0 Å². The van der Waals surface area contributed by atoms with Crippen molar-refractivity contribution in [2.24, 2.45) is 0 Å². The van der Waals surface area contributed by atoms with E-state index in [1.807, 2.05) is 0 Å². The summed E-state index contributed by atoms with van der Waals surface area (Å²) in [5, 5.41) is 11.2. The fourth-order valence-corrected chi connectivity index (χ4v) is 1.55. The molecule has 0 aromatic heterocycles. The highest BCUT2D eigenvalue weighted by Gasteiger charge is 2.10. The van der Waals surface area contributed by atoms with Gasteiger partial charge in [0.05, 0.1) is 12.3 Å². The van der Waals surface area contributed by atoms with E-state index in [-0.39, 0.29) is 12.3 Å². The Bertz CT molecular complexity index is 597. The van der Waals surface area contributed by atoms with Crippen LogP contribution in [0.3, 0.4) is 0 Å². The Kier molecular flexibility index (Phi) is 3.87. The van der Waals surface area contributed by atoms with Gasteiger partial charge in [-0.3, -0.25) is 4.79 Å². The Morgan fingerprint density at radius 2 is 1.79 bits per heavy atom. The Labute approximate surface area is 108 Å². The number of hydrogen-bond acceptors (Lipinski definition) is 2. The minimum Gasteiger partial charge on any atom is -0.392 e. The zero-order valence-corrected chi connectivity index (χ0v) is 9.86. The van der Waals surface area contributed by atoms with Crippen molar-refractivity contribution < 1.29 is 18.7 Å². The summed E-state index contributed by atoms with van der Waals surface area (Å²) < 4.78 is 26.3. The van der Waals surface area contributed by atoms with E-state index in [2.05, 4.69) is 5.32 Å². The lowest BCUT2D eigenvalue weighted by Gasteiger charge is -2.07. The summed E-state index contributed by atoms with van der Waals surface area (Å²) in [7, 11) is 0. The number of nitrogens with one attached hydrogen (secondary N) is 1. The van der Waals surface area contributed by atoms with E-state index in [0.29, 0.717) is 11.1 Å². The molecule has 0 saturated carbocycles. The molecule has 1 amide bonds. The molecule has 0 radical (unpaired) electrons. The normalized spacial score (nSPS) is 10.3. The molecule has 0 unspecified atom stereocenters. The van der Waals surface area contributed by atoms with Crippen molar-refractivity contribution in [2.45, 2.75) is 6.61 Å². The Hall–Kier alpha value is -2.27. The van der Waals surface area contributed by atoms with E-state index in [9.17, 15) is 13.6 Å². The standard InChI is InChI=1S/C14H11F2NO2/c15-11-5-6-12(16)13(7-11)17-14(19)10-3-1-9(8-18)2-4-10/h1-7,18H,8H2,(H,17,19). The van der Waals surface area contributed by atoms with Crippen molar-refractivity contribution in [2.75, 3.05) is 5.32 Å². The van der Waals surface area contributed by atoms with E-state index in [1.165, 1.54) is 12.1 Å². The van der Waals surface area contributed by atoms with Crippen LogP contribution in [0.5, 0.6) is 0 Å². The second-order valence-electron chi connectivity index (χ2n) is 3.93.